The number of para-hydroxylation sites is 2. The summed E-state index contributed by atoms with van der Waals surface area (Å²) in [6, 6.07) is 17.0. The molecule has 1 saturated carbocycles. The van der Waals surface area contributed by atoms with Gasteiger partial charge in [0.1, 0.15) is 0 Å². The first kappa shape index (κ1) is 18.7. The highest BCUT2D eigenvalue weighted by Crippen LogP contribution is 2.30. The maximum absolute atomic E-state index is 12.7. The van der Waals surface area contributed by atoms with Crippen LogP contribution in [0.3, 0.4) is 0 Å². The largest absolute Gasteiger partial charge is 0.347 e. The van der Waals surface area contributed by atoms with Crippen molar-refractivity contribution in [1.82, 2.24) is 0 Å². The van der Waals surface area contributed by atoms with Gasteiger partial charge >= 0.3 is 0 Å². The Balaban J connectivity index is 1.22. The van der Waals surface area contributed by atoms with E-state index in [1.807, 2.05) is 24.3 Å². The highest BCUT2D eigenvalue weighted by atomic mass is 16.1. The van der Waals surface area contributed by atoms with Gasteiger partial charge in [-0.25, -0.2) is 0 Å². The number of benzene rings is 2. The topological polar surface area (TPSA) is 23.6 Å². The number of fused-ring (bicyclic) bond motifs is 2. The summed E-state index contributed by atoms with van der Waals surface area (Å²) in [5.74, 6) is 0.188. The Morgan fingerprint density at radius 3 is 1.60 bits per heavy atom. The van der Waals surface area contributed by atoms with Crippen molar-refractivity contribution in [2.24, 2.45) is 0 Å². The van der Waals surface area contributed by atoms with Crippen molar-refractivity contribution < 1.29 is 4.79 Å². The van der Waals surface area contributed by atoms with Gasteiger partial charge in [0, 0.05) is 48.0 Å². The third kappa shape index (κ3) is 3.63. The average molecular weight is 395 g/mol. The Morgan fingerprint density at radius 2 is 1.10 bits per heavy atom. The number of carbonyl (C=O) groups is 1. The molecular formula is C27H26N2O. The molecule has 0 radical (unpaired) electrons. The van der Waals surface area contributed by atoms with Crippen LogP contribution in [0, 0.1) is 0 Å². The zero-order valence-corrected chi connectivity index (χ0v) is 17.1. The second kappa shape index (κ2) is 8.19. The lowest BCUT2D eigenvalue weighted by molar-refractivity contribution is -0.111. The molecule has 5 rings (SSSR count). The zero-order chi connectivity index (χ0) is 20.3. The van der Waals surface area contributed by atoms with Crippen LogP contribution in [0.25, 0.3) is 0 Å². The molecule has 2 aromatic carbocycles. The first-order valence-electron chi connectivity index (χ1n) is 10.8. The van der Waals surface area contributed by atoms with Crippen molar-refractivity contribution in [3.05, 3.63) is 108 Å². The first-order valence-corrected chi connectivity index (χ1v) is 10.8. The lowest BCUT2D eigenvalue weighted by Gasteiger charge is -2.13. The molecular weight excluding hydrogens is 368 g/mol. The molecule has 2 heterocycles. The SMILES string of the molecule is O=C1/C(=C/C=C/N2CCc3ccccc32)CC/C1=C\C=C\N1CCc2ccccc21. The van der Waals surface area contributed by atoms with E-state index in [4.69, 9.17) is 0 Å². The summed E-state index contributed by atoms with van der Waals surface area (Å²) in [7, 11) is 0. The lowest BCUT2D eigenvalue weighted by Crippen LogP contribution is -2.11. The van der Waals surface area contributed by atoms with Crippen molar-refractivity contribution in [3.63, 3.8) is 0 Å². The molecule has 0 atom stereocenters. The molecule has 0 spiro atoms. The molecule has 0 amide bonds. The Hall–Kier alpha value is -3.33. The second-order valence-electron chi connectivity index (χ2n) is 8.04. The molecule has 2 aromatic rings. The van der Waals surface area contributed by atoms with E-state index < -0.39 is 0 Å². The van der Waals surface area contributed by atoms with Crippen LogP contribution in [0.15, 0.2) is 96.4 Å². The molecule has 2 aliphatic heterocycles. The minimum Gasteiger partial charge on any atom is -0.347 e. The Kier molecular flexibility index (Phi) is 5.10. The number of rotatable bonds is 4. The van der Waals surface area contributed by atoms with Gasteiger partial charge in [-0.05, 0) is 61.1 Å². The smallest absolute Gasteiger partial charge is 0.185 e. The van der Waals surface area contributed by atoms with E-state index in [9.17, 15) is 4.79 Å². The summed E-state index contributed by atoms with van der Waals surface area (Å²) in [4.78, 5) is 17.3. The van der Waals surface area contributed by atoms with Gasteiger partial charge in [0.15, 0.2) is 5.78 Å². The molecule has 0 unspecified atom stereocenters. The van der Waals surface area contributed by atoms with E-state index in [0.29, 0.717) is 0 Å². The normalized spacial score (nSPS) is 21.0. The fourth-order valence-electron chi connectivity index (χ4n) is 4.58. The summed E-state index contributed by atoms with van der Waals surface area (Å²) in [6.45, 7) is 2.01. The highest BCUT2D eigenvalue weighted by molar-refractivity contribution is 6.11. The quantitative estimate of drug-likeness (QED) is 0.653. The highest BCUT2D eigenvalue weighted by Gasteiger charge is 2.22. The maximum atomic E-state index is 12.7. The molecule has 30 heavy (non-hydrogen) atoms. The van der Waals surface area contributed by atoms with Gasteiger partial charge in [-0.3, -0.25) is 4.79 Å². The molecule has 0 aromatic heterocycles. The van der Waals surface area contributed by atoms with E-state index in [1.54, 1.807) is 0 Å². The van der Waals surface area contributed by atoms with Crippen LogP contribution in [-0.2, 0) is 17.6 Å². The van der Waals surface area contributed by atoms with Gasteiger partial charge in [0.05, 0.1) is 0 Å². The number of nitrogens with zero attached hydrogens (tertiary/aromatic N) is 2. The summed E-state index contributed by atoms with van der Waals surface area (Å²) in [5, 5.41) is 0. The van der Waals surface area contributed by atoms with Gasteiger partial charge in [-0.15, -0.1) is 0 Å². The number of hydrogen-bond donors (Lipinski definition) is 0. The van der Waals surface area contributed by atoms with Crippen molar-refractivity contribution in [3.8, 4) is 0 Å². The predicted molar refractivity (Wildman–Crippen MR) is 124 cm³/mol. The fraction of sp³-hybridized carbons (Fsp3) is 0.222. The monoisotopic (exact) mass is 394 g/mol. The van der Waals surface area contributed by atoms with Crippen molar-refractivity contribution in [1.29, 1.82) is 0 Å². The molecule has 150 valence electrons. The molecule has 3 nitrogen and oxygen atoms in total. The van der Waals surface area contributed by atoms with E-state index in [2.05, 4.69) is 70.7 Å². The van der Waals surface area contributed by atoms with Crippen LogP contribution in [0.2, 0.25) is 0 Å². The third-order valence-corrected chi connectivity index (χ3v) is 6.22. The summed E-state index contributed by atoms with van der Waals surface area (Å²) < 4.78 is 0. The molecule has 3 heteroatoms. The minimum atomic E-state index is 0.188. The van der Waals surface area contributed by atoms with E-state index >= 15 is 0 Å². The second-order valence-corrected chi connectivity index (χ2v) is 8.04. The van der Waals surface area contributed by atoms with Crippen LogP contribution < -0.4 is 9.80 Å². The average Bonchev–Trinajstić information content (AvgIpc) is 3.47. The Bertz CT molecular complexity index is 1000. The van der Waals surface area contributed by atoms with E-state index in [0.717, 1.165) is 49.9 Å². The minimum absolute atomic E-state index is 0.188. The van der Waals surface area contributed by atoms with Gasteiger partial charge in [0.25, 0.3) is 0 Å². The van der Waals surface area contributed by atoms with Crippen molar-refractivity contribution >= 4 is 17.2 Å². The van der Waals surface area contributed by atoms with Gasteiger partial charge in [-0.1, -0.05) is 48.6 Å². The molecule has 0 saturated heterocycles. The number of anilines is 2. The number of ketones is 1. The molecule has 0 N–H and O–H groups in total. The lowest BCUT2D eigenvalue weighted by atomic mass is 10.1. The van der Waals surface area contributed by atoms with Crippen LogP contribution in [0.5, 0.6) is 0 Å². The van der Waals surface area contributed by atoms with Gasteiger partial charge < -0.3 is 9.80 Å². The number of hydrogen-bond acceptors (Lipinski definition) is 3. The standard InChI is InChI=1S/C27H26N2O/c30-27-23(9-5-17-28-19-15-21-7-1-3-11-25(21)28)13-14-24(27)10-6-18-29-20-16-22-8-2-4-12-26(22)29/h1-12,17-18H,13-16,19-20H2/b17-5+,18-6+,23-9+,24-10+. The van der Waals surface area contributed by atoms with Gasteiger partial charge in [-0.2, -0.15) is 0 Å². The van der Waals surface area contributed by atoms with Crippen LogP contribution in [0.1, 0.15) is 24.0 Å². The molecule has 1 fully saturated rings. The number of carbonyl (C=O) groups excluding carboxylic acids is 1. The van der Waals surface area contributed by atoms with E-state index in [-0.39, 0.29) is 5.78 Å². The molecule has 0 bridgehead atoms. The zero-order valence-electron chi connectivity index (χ0n) is 17.1. The van der Waals surface area contributed by atoms with E-state index in [1.165, 1.54) is 22.5 Å². The summed E-state index contributed by atoms with van der Waals surface area (Å²) in [6.07, 6.45) is 16.0. The molecule has 3 aliphatic rings. The fourth-order valence-corrected chi connectivity index (χ4v) is 4.58. The number of Topliss-reactive ketones (excluding diaryl/α,β-unsaturated/α-hetero) is 1. The van der Waals surface area contributed by atoms with Crippen molar-refractivity contribution in [2.75, 3.05) is 22.9 Å². The third-order valence-electron chi connectivity index (χ3n) is 6.22. The van der Waals surface area contributed by atoms with Crippen LogP contribution in [-0.4, -0.2) is 18.9 Å². The predicted octanol–water partition coefficient (Wildman–Crippen LogP) is 5.35. The Labute approximate surface area is 178 Å². The van der Waals surface area contributed by atoms with Crippen LogP contribution in [0.4, 0.5) is 11.4 Å². The molecule has 1 aliphatic carbocycles. The van der Waals surface area contributed by atoms with Crippen molar-refractivity contribution in [2.45, 2.75) is 25.7 Å². The summed E-state index contributed by atoms with van der Waals surface area (Å²) in [5.41, 5.74) is 7.15. The summed E-state index contributed by atoms with van der Waals surface area (Å²) >= 11 is 0. The first-order chi connectivity index (χ1) is 14.8. The van der Waals surface area contributed by atoms with Gasteiger partial charge in [0.2, 0.25) is 0 Å². The number of allylic oxidation sites excluding steroid dienone is 6. The Morgan fingerprint density at radius 1 is 0.633 bits per heavy atom. The van der Waals surface area contributed by atoms with Crippen LogP contribution >= 0.6 is 0 Å². The maximum Gasteiger partial charge on any atom is 0.185 e.